The van der Waals surface area contributed by atoms with E-state index < -0.39 is 16.0 Å². The molecule has 1 aromatic heterocycles. The Balaban J connectivity index is 1.76. The second-order valence-corrected chi connectivity index (χ2v) is 8.95. The van der Waals surface area contributed by atoms with Crippen LogP contribution in [-0.4, -0.2) is 55.0 Å². The van der Waals surface area contributed by atoms with Gasteiger partial charge in [-0.15, -0.1) is 0 Å². The molecule has 1 aromatic carbocycles. The van der Waals surface area contributed by atoms with E-state index in [4.69, 9.17) is 28.3 Å². The third kappa shape index (κ3) is 3.61. The zero-order valence-corrected chi connectivity index (χ0v) is 15.9. The molecule has 0 bridgehead atoms. The fraction of sp³-hybridized carbons (Fsp3) is 0.286. The lowest BCUT2D eigenvalue weighted by molar-refractivity contribution is 0.0702. The zero-order chi connectivity index (χ0) is 18.2. The van der Waals surface area contributed by atoms with Crippen molar-refractivity contribution in [3.63, 3.8) is 0 Å². The molecule has 11 heteroatoms. The maximum atomic E-state index is 12.8. The molecule has 1 N–H and O–H groups in total. The predicted molar refractivity (Wildman–Crippen MR) is 96.5 cm³/mol. The van der Waals surface area contributed by atoms with Gasteiger partial charge in [0.05, 0.1) is 16.2 Å². The Hall–Kier alpha value is -1.39. The Labute approximate surface area is 158 Å². The molecule has 1 fully saturated rings. The van der Waals surface area contributed by atoms with Crippen LogP contribution < -0.4 is 4.90 Å². The highest BCUT2D eigenvalue weighted by Gasteiger charge is 2.32. The normalized spacial score (nSPS) is 16.2. The Morgan fingerprint density at radius 1 is 1.16 bits per heavy atom. The lowest BCUT2D eigenvalue weighted by Gasteiger charge is -2.34. The molecule has 0 unspecified atom stereocenters. The molecule has 0 radical (unpaired) electrons. The molecule has 25 heavy (non-hydrogen) atoms. The minimum Gasteiger partial charge on any atom is -0.477 e. The van der Waals surface area contributed by atoms with Crippen molar-refractivity contribution in [2.75, 3.05) is 31.1 Å². The summed E-state index contributed by atoms with van der Waals surface area (Å²) in [4.78, 5) is 16.9. The third-order valence-electron chi connectivity index (χ3n) is 3.73. The summed E-state index contributed by atoms with van der Waals surface area (Å²) in [5, 5.41) is 9.69. The van der Waals surface area contributed by atoms with E-state index in [0.29, 0.717) is 18.2 Å². The van der Waals surface area contributed by atoms with Gasteiger partial charge < -0.3 is 10.0 Å². The van der Waals surface area contributed by atoms with Crippen molar-refractivity contribution in [2.24, 2.45) is 0 Å². The Kier molecular flexibility index (Phi) is 5.21. The standard InChI is InChI=1S/C14H13Cl2N3O4S2/c15-9-2-1-3-10(16)12(9)25(22,23)19-6-4-18(5-7-19)14-17-8-11(24-14)13(20)21/h1-3,8H,4-7H2,(H,20,21). The highest BCUT2D eigenvalue weighted by atomic mass is 35.5. The third-order valence-corrected chi connectivity index (χ3v) is 7.63. The van der Waals surface area contributed by atoms with E-state index >= 15 is 0 Å². The number of hydrogen-bond donors (Lipinski definition) is 1. The number of anilines is 1. The lowest BCUT2D eigenvalue weighted by Crippen LogP contribution is -2.48. The molecule has 1 saturated heterocycles. The number of benzene rings is 1. The summed E-state index contributed by atoms with van der Waals surface area (Å²) in [6.45, 7) is 1.25. The lowest BCUT2D eigenvalue weighted by atomic mass is 10.4. The highest BCUT2D eigenvalue weighted by molar-refractivity contribution is 7.89. The zero-order valence-electron chi connectivity index (χ0n) is 12.7. The summed E-state index contributed by atoms with van der Waals surface area (Å²) in [6, 6.07) is 4.56. The van der Waals surface area contributed by atoms with E-state index in [1.807, 2.05) is 4.90 Å². The van der Waals surface area contributed by atoms with E-state index in [0.717, 1.165) is 11.3 Å². The average molecular weight is 422 g/mol. The van der Waals surface area contributed by atoms with Crippen LogP contribution in [0.15, 0.2) is 29.3 Å². The van der Waals surface area contributed by atoms with Crippen molar-refractivity contribution in [3.05, 3.63) is 39.3 Å². The Bertz CT molecular complexity index is 888. The van der Waals surface area contributed by atoms with Crippen LogP contribution in [0.5, 0.6) is 0 Å². The van der Waals surface area contributed by atoms with Crippen molar-refractivity contribution in [1.29, 1.82) is 0 Å². The smallest absolute Gasteiger partial charge is 0.347 e. The number of aromatic nitrogens is 1. The topological polar surface area (TPSA) is 90.8 Å². The fourth-order valence-electron chi connectivity index (χ4n) is 2.49. The van der Waals surface area contributed by atoms with Gasteiger partial charge in [0, 0.05) is 26.2 Å². The number of rotatable bonds is 4. The molecule has 1 aliphatic rings. The summed E-state index contributed by atoms with van der Waals surface area (Å²) in [5.41, 5.74) is 0. The first-order chi connectivity index (χ1) is 11.8. The molecule has 0 amide bonds. The molecular formula is C14H13Cl2N3O4S2. The summed E-state index contributed by atoms with van der Waals surface area (Å²) in [5.74, 6) is -1.03. The number of aromatic carboxylic acids is 1. The molecule has 0 aliphatic carbocycles. The number of hydrogen-bond acceptors (Lipinski definition) is 6. The SMILES string of the molecule is O=C(O)c1cnc(N2CCN(S(=O)(=O)c3c(Cl)cccc3Cl)CC2)s1. The number of carboxylic acid groups (broad SMARTS) is 1. The van der Waals surface area contributed by atoms with Crippen molar-refractivity contribution in [3.8, 4) is 0 Å². The van der Waals surface area contributed by atoms with E-state index in [1.165, 1.54) is 22.6 Å². The van der Waals surface area contributed by atoms with Gasteiger partial charge in [0.25, 0.3) is 0 Å². The van der Waals surface area contributed by atoms with Gasteiger partial charge in [-0.05, 0) is 12.1 Å². The van der Waals surface area contributed by atoms with E-state index in [-0.39, 0.29) is 32.9 Å². The van der Waals surface area contributed by atoms with Crippen LogP contribution in [0.25, 0.3) is 0 Å². The summed E-state index contributed by atoms with van der Waals surface area (Å²) in [6.07, 6.45) is 1.30. The summed E-state index contributed by atoms with van der Waals surface area (Å²) >= 11 is 13.1. The molecule has 1 aliphatic heterocycles. The molecular weight excluding hydrogens is 409 g/mol. The molecule has 3 rings (SSSR count). The molecule has 2 heterocycles. The van der Waals surface area contributed by atoms with Gasteiger partial charge >= 0.3 is 5.97 Å². The van der Waals surface area contributed by atoms with Gasteiger partial charge in [-0.1, -0.05) is 40.6 Å². The van der Waals surface area contributed by atoms with E-state index in [2.05, 4.69) is 4.98 Å². The Morgan fingerprint density at radius 3 is 2.28 bits per heavy atom. The molecule has 7 nitrogen and oxygen atoms in total. The first kappa shape index (κ1) is 18.4. The minimum atomic E-state index is -3.81. The summed E-state index contributed by atoms with van der Waals surface area (Å²) < 4.78 is 26.9. The quantitative estimate of drug-likeness (QED) is 0.815. The van der Waals surface area contributed by atoms with Crippen LogP contribution in [0.4, 0.5) is 5.13 Å². The van der Waals surface area contributed by atoms with Gasteiger partial charge in [-0.3, -0.25) is 0 Å². The van der Waals surface area contributed by atoms with Crippen molar-refractivity contribution >= 4 is 55.7 Å². The van der Waals surface area contributed by atoms with Gasteiger partial charge in [0.15, 0.2) is 5.13 Å². The van der Waals surface area contributed by atoms with Crippen LogP contribution in [0, 0.1) is 0 Å². The monoisotopic (exact) mass is 421 g/mol. The van der Waals surface area contributed by atoms with Crippen molar-refractivity contribution in [2.45, 2.75) is 4.90 Å². The second kappa shape index (κ2) is 7.08. The minimum absolute atomic E-state index is 0.0842. The van der Waals surface area contributed by atoms with Gasteiger partial charge in [-0.2, -0.15) is 4.31 Å². The number of carboxylic acids is 1. The van der Waals surface area contributed by atoms with Crippen LogP contribution in [-0.2, 0) is 10.0 Å². The largest absolute Gasteiger partial charge is 0.477 e. The first-order valence-corrected chi connectivity index (χ1v) is 10.2. The number of nitrogens with zero attached hydrogens (tertiary/aromatic N) is 3. The number of thiazole rings is 1. The van der Waals surface area contributed by atoms with Gasteiger partial charge in [0.1, 0.15) is 9.77 Å². The van der Waals surface area contributed by atoms with Crippen LogP contribution in [0.1, 0.15) is 9.67 Å². The van der Waals surface area contributed by atoms with Crippen molar-refractivity contribution < 1.29 is 18.3 Å². The maximum absolute atomic E-state index is 12.8. The molecule has 0 saturated carbocycles. The second-order valence-electron chi connectivity index (χ2n) is 5.25. The van der Waals surface area contributed by atoms with Crippen LogP contribution in [0.3, 0.4) is 0 Å². The van der Waals surface area contributed by atoms with E-state index in [9.17, 15) is 13.2 Å². The average Bonchev–Trinajstić information content (AvgIpc) is 3.05. The van der Waals surface area contributed by atoms with Crippen LogP contribution in [0.2, 0.25) is 10.0 Å². The van der Waals surface area contributed by atoms with Crippen molar-refractivity contribution in [1.82, 2.24) is 9.29 Å². The molecule has 2 aromatic rings. The molecule has 0 spiro atoms. The predicted octanol–water partition coefficient (Wildman–Crippen LogP) is 2.66. The Morgan fingerprint density at radius 2 is 1.76 bits per heavy atom. The van der Waals surface area contributed by atoms with Crippen LogP contribution >= 0.6 is 34.5 Å². The maximum Gasteiger partial charge on any atom is 0.347 e. The first-order valence-electron chi connectivity index (χ1n) is 7.19. The summed E-state index contributed by atoms with van der Waals surface area (Å²) in [7, 11) is -3.81. The molecule has 0 atom stereocenters. The number of halogens is 2. The van der Waals surface area contributed by atoms with Gasteiger partial charge in [0.2, 0.25) is 10.0 Å². The number of carbonyl (C=O) groups is 1. The molecule has 134 valence electrons. The number of sulfonamides is 1. The van der Waals surface area contributed by atoms with Gasteiger partial charge in [-0.25, -0.2) is 18.2 Å². The number of piperazine rings is 1. The van der Waals surface area contributed by atoms with E-state index in [1.54, 1.807) is 6.07 Å². The fourth-order valence-corrected chi connectivity index (χ4v) is 5.81. The highest BCUT2D eigenvalue weighted by Crippen LogP contribution is 2.32.